The number of hydrogen-bond acceptors (Lipinski definition) is 5. The average molecular weight is 302 g/mol. The second-order valence-corrected chi connectivity index (χ2v) is 4.60. The van der Waals surface area contributed by atoms with E-state index in [0.29, 0.717) is 16.6 Å². The largest absolute Gasteiger partial charge is 0.404 e. The topological polar surface area (TPSA) is 78.9 Å². The Labute approximate surface area is 126 Å². The molecule has 0 unspecified atom stereocenters. The molecule has 0 bridgehead atoms. The van der Waals surface area contributed by atoms with Gasteiger partial charge in [-0.2, -0.15) is 4.98 Å². The maximum Gasteiger partial charge on any atom is 0.342 e. The Morgan fingerprint density at radius 3 is 2.71 bits per heavy atom. The Hall–Kier alpha value is -2.44. The smallest absolute Gasteiger partial charge is 0.342 e. The summed E-state index contributed by atoms with van der Waals surface area (Å²) in [7, 11) is 0. The minimum Gasteiger partial charge on any atom is -0.404 e. The van der Waals surface area contributed by atoms with Crippen LogP contribution in [0.2, 0.25) is 5.02 Å². The zero-order chi connectivity index (χ0) is 14.7. The molecule has 6 nitrogen and oxygen atoms in total. The van der Waals surface area contributed by atoms with Gasteiger partial charge in [0.1, 0.15) is 6.33 Å². The van der Waals surface area contributed by atoms with E-state index >= 15 is 0 Å². The van der Waals surface area contributed by atoms with Crippen molar-refractivity contribution in [3.8, 4) is 17.6 Å². The summed E-state index contributed by atoms with van der Waals surface area (Å²) in [5.74, 6) is 0.352. The van der Waals surface area contributed by atoms with E-state index in [1.165, 1.54) is 0 Å². The molecular weight excluding hydrogens is 290 g/mol. The number of benzene rings is 1. The number of nitrogens with zero attached hydrogens (tertiary/aromatic N) is 4. The Morgan fingerprint density at radius 1 is 1.14 bits per heavy atom. The molecule has 2 heterocycles. The van der Waals surface area contributed by atoms with Crippen LogP contribution in [0.3, 0.4) is 0 Å². The standard InChI is InChI=1S/C14H12ClN5O/c15-11-6-7-13(18-12(11)8-16)21-14-17-9-20(19-14)10-4-2-1-3-5-10/h1-7,9H,8,16H2. The van der Waals surface area contributed by atoms with Crippen LogP contribution in [0.5, 0.6) is 11.9 Å². The van der Waals surface area contributed by atoms with Gasteiger partial charge in [0.05, 0.1) is 16.4 Å². The van der Waals surface area contributed by atoms with Crippen molar-refractivity contribution in [3.05, 3.63) is 59.5 Å². The summed E-state index contributed by atoms with van der Waals surface area (Å²) < 4.78 is 7.13. The number of aromatic nitrogens is 4. The molecule has 0 aliphatic heterocycles. The number of nitrogens with two attached hydrogens (primary N) is 1. The summed E-state index contributed by atoms with van der Waals surface area (Å²) in [5, 5.41) is 4.74. The van der Waals surface area contributed by atoms with Gasteiger partial charge in [-0.3, -0.25) is 0 Å². The van der Waals surface area contributed by atoms with Crippen molar-refractivity contribution in [1.82, 2.24) is 19.7 Å². The molecule has 0 atom stereocenters. The molecular formula is C14H12ClN5O. The van der Waals surface area contributed by atoms with Crippen LogP contribution in [0.1, 0.15) is 5.69 Å². The molecule has 2 aromatic heterocycles. The number of ether oxygens (including phenoxy) is 1. The second kappa shape index (κ2) is 5.90. The number of halogens is 1. The van der Waals surface area contributed by atoms with Crippen molar-refractivity contribution in [2.75, 3.05) is 0 Å². The Balaban J connectivity index is 1.82. The van der Waals surface area contributed by atoms with E-state index in [0.717, 1.165) is 5.69 Å². The highest BCUT2D eigenvalue weighted by atomic mass is 35.5. The lowest BCUT2D eigenvalue weighted by atomic mass is 10.3. The van der Waals surface area contributed by atoms with Gasteiger partial charge in [-0.25, -0.2) is 9.67 Å². The molecule has 0 spiro atoms. The van der Waals surface area contributed by atoms with Gasteiger partial charge in [-0.05, 0) is 18.2 Å². The number of pyridine rings is 1. The van der Waals surface area contributed by atoms with E-state index in [1.54, 1.807) is 23.1 Å². The number of rotatable bonds is 4. The van der Waals surface area contributed by atoms with Crippen LogP contribution in [0.25, 0.3) is 5.69 Å². The fourth-order valence-electron chi connectivity index (χ4n) is 1.76. The second-order valence-electron chi connectivity index (χ2n) is 4.19. The third-order valence-corrected chi connectivity index (χ3v) is 3.12. The first-order valence-electron chi connectivity index (χ1n) is 6.26. The zero-order valence-electron chi connectivity index (χ0n) is 11.0. The van der Waals surface area contributed by atoms with Gasteiger partial charge in [-0.1, -0.05) is 29.8 Å². The Morgan fingerprint density at radius 2 is 1.95 bits per heavy atom. The monoisotopic (exact) mass is 301 g/mol. The lowest BCUT2D eigenvalue weighted by molar-refractivity contribution is 0.423. The molecule has 3 aromatic rings. The predicted molar refractivity (Wildman–Crippen MR) is 78.6 cm³/mol. The average Bonchev–Trinajstić information content (AvgIpc) is 2.98. The van der Waals surface area contributed by atoms with Crippen molar-refractivity contribution in [1.29, 1.82) is 0 Å². The molecule has 21 heavy (non-hydrogen) atoms. The number of hydrogen-bond donors (Lipinski definition) is 1. The van der Waals surface area contributed by atoms with Gasteiger partial charge in [-0.15, -0.1) is 5.10 Å². The van der Waals surface area contributed by atoms with Gasteiger partial charge in [0.2, 0.25) is 5.88 Å². The molecule has 106 valence electrons. The van der Waals surface area contributed by atoms with Gasteiger partial charge in [0, 0.05) is 12.6 Å². The zero-order valence-corrected chi connectivity index (χ0v) is 11.7. The lowest BCUT2D eigenvalue weighted by Gasteiger charge is -2.04. The first-order chi connectivity index (χ1) is 10.3. The van der Waals surface area contributed by atoms with Crippen LogP contribution in [0, 0.1) is 0 Å². The van der Waals surface area contributed by atoms with Crippen molar-refractivity contribution >= 4 is 11.6 Å². The van der Waals surface area contributed by atoms with E-state index in [9.17, 15) is 0 Å². The number of para-hydroxylation sites is 1. The summed E-state index contributed by atoms with van der Waals surface area (Å²) in [4.78, 5) is 8.29. The maximum absolute atomic E-state index is 5.95. The van der Waals surface area contributed by atoms with E-state index in [-0.39, 0.29) is 12.6 Å². The van der Waals surface area contributed by atoms with Crippen LogP contribution in [-0.4, -0.2) is 19.7 Å². The van der Waals surface area contributed by atoms with E-state index in [1.807, 2.05) is 30.3 Å². The fraction of sp³-hybridized carbons (Fsp3) is 0.0714. The Bertz CT molecular complexity index is 744. The first kappa shape index (κ1) is 13.5. The van der Waals surface area contributed by atoms with Crippen LogP contribution in [-0.2, 0) is 6.54 Å². The molecule has 0 aliphatic rings. The van der Waals surface area contributed by atoms with Crippen molar-refractivity contribution in [2.24, 2.45) is 5.73 Å². The summed E-state index contributed by atoms with van der Waals surface area (Å²) in [6.07, 6.45) is 1.57. The molecule has 0 amide bonds. The van der Waals surface area contributed by atoms with Gasteiger partial charge in [0.15, 0.2) is 0 Å². The predicted octanol–water partition coefficient (Wildman–Crippen LogP) is 2.57. The summed E-state index contributed by atoms with van der Waals surface area (Å²) in [5.41, 5.74) is 7.02. The molecule has 2 N–H and O–H groups in total. The fourth-order valence-corrected chi connectivity index (χ4v) is 1.94. The summed E-state index contributed by atoms with van der Waals surface area (Å²) in [6.45, 7) is 0.238. The van der Waals surface area contributed by atoms with E-state index in [4.69, 9.17) is 22.1 Å². The quantitative estimate of drug-likeness (QED) is 0.801. The van der Waals surface area contributed by atoms with Gasteiger partial charge in [0.25, 0.3) is 0 Å². The van der Waals surface area contributed by atoms with Gasteiger partial charge < -0.3 is 10.5 Å². The van der Waals surface area contributed by atoms with Crippen LogP contribution >= 0.6 is 11.6 Å². The highest BCUT2D eigenvalue weighted by Gasteiger charge is 2.08. The van der Waals surface area contributed by atoms with E-state index < -0.39 is 0 Å². The van der Waals surface area contributed by atoms with Crippen molar-refractivity contribution in [3.63, 3.8) is 0 Å². The third-order valence-electron chi connectivity index (χ3n) is 2.77. The summed E-state index contributed by atoms with van der Waals surface area (Å²) in [6, 6.07) is 13.2. The molecule has 0 saturated heterocycles. The lowest BCUT2D eigenvalue weighted by Crippen LogP contribution is -2.02. The van der Waals surface area contributed by atoms with Gasteiger partial charge >= 0.3 is 6.01 Å². The molecule has 1 aromatic carbocycles. The normalized spacial score (nSPS) is 10.6. The maximum atomic E-state index is 5.95. The highest BCUT2D eigenvalue weighted by Crippen LogP contribution is 2.21. The summed E-state index contributed by atoms with van der Waals surface area (Å²) >= 11 is 5.95. The SMILES string of the molecule is NCc1nc(Oc2ncn(-c3ccccc3)n2)ccc1Cl. The van der Waals surface area contributed by atoms with Crippen molar-refractivity contribution < 1.29 is 4.74 Å². The molecule has 0 fully saturated rings. The van der Waals surface area contributed by atoms with E-state index in [2.05, 4.69) is 15.1 Å². The van der Waals surface area contributed by atoms with Crippen LogP contribution in [0.4, 0.5) is 0 Å². The highest BCUT2D eigenvalue weighted by molar-refractivity contribution is 6.31. The minimum absolute atomic E-state index is 0.205. The van der Waals surface area contributed by atoms with Crippen LogP contribution in [0.15, 0.2) is 48.8 Å². The molecule has 3 rings (SSSR count). The van der Waals surface area contributed by atoms with Crippen LogP contribution < -0.4 is 10.5 Å². The minimum atomic E-state index is 0.205. The Kier molecular flexibility index (Phi) is 3.81. The van der Waals surface area contributed by atoms with Crippen molar-refractivity contribution in [2.45, 2.75) is 6.54 Å². The molecule has 0 aliphatic carbocycles. The molecule has 0 radical (unpaired) electrons. The third kappa shape index (κ3) is 3.01. The molecule has 0 saturated carbocycles. The first-order valence-corrected chi connectivity index (χ1v) is 6.64. The molecule has 7 heteroatoms.